The van der Waals surface area contributed by atoms with Crippen LogP contribution in [-0.4, -0.2) is 60.2 Å². The second kappa shape index (κ2) is 9.28. The van der Waals surface area contributed by atoms with Gasteiger partial charge in [0.1, 0.15) is 0 Å². The van der Waals surface area contributed by atoms with Crippen molar-refractivity contribution in [3.63, 3.8) is 0 Å². The highest BCUT2D eigenvalue weighted by atomic mass is 32.1. The topological polar surface area (TPSA) is 82.3 Å². The third-order valence-corrected chi connectivity index (χ3v) is 6.87. The van der Waals surface area contributed by atoms with Crippen molar-refractivity contribution in [2.24, 2.45) is 0 Å². The predicted octanol–water partition coefficient (Wildman–Crippen LogP) is 4.28. The van der Waals surface area contributed by atoms with E-state index in [2.05, 4.69) is 56.7 Å². The van der Waals surface area contributed by atoms with Gasteiger partial charge in [0.15, 0.2) is 0 Å². The largest absolute Gasteiger partial charge is 0.379 e. The van der Waals surface area contributed by atoms with Crippen LogP contribution in [0.5, 0.6) is 0 Å². The predicted molar refractivity (Wildman–Crippen MR) is 130 cm³/mol. The smallest absolute Gasteiger partial charge is 0.261 e. The molecule has 3 aromatic heterocycles. The molecule has 166 valence electrons. The Bertz CT molecular complexity index is 1240. The quantitative estimate of drug-likeness (QED) is 0.367. The lowest BCUT2D eigenvalue weighted by Crippen LogP contribution is -2.38. The van der Waals surface area contributed by atoms with Crippen molar-refractivity contribution < 1.29 is 9.53 Å². The van der Waals surface area contributed by atoms with Crippen LogP contribution in [0.1, 0.15) is 21.8 Å². The van der Waals surface area contributed by atoms with Crippen molar-refractivity contribution in [1.29, 1.82) is 0 Å². The van der Waals surface area contributed by atoms with Crippen molar-refractivity contribution in [2.45, 2.75) is 13.3 Å². The fraction of sp³-hybridized carbons (Fsp3) is 0.333. The number of benzene rings is 1. The lowest BCUT2D eigenvalue weighted by Gasteiger charge is -2.26. The van der Waals surface area contributed by atoms with Gasteiger partial charge in [-0.1, -0.05) is 0 Å². The summed E-state index contributed by atoms with van der Waals surface area (Å²) in [7, 11) is 0. The number of anilines is 2. The second-order valence-corrected chi connectivity index (χ2v) is 9.18. The number of carbonyl (C=O) groups excluding carboxylic acids is 1. The number of ether oxygens (including phenoxy) is 1. The third kappa shape index (κ3) is 4.62. The summed E-state index contributed by atoms with van der Waals surface area (Å²) in [5.74, 6) is -0.0369. The molecule has 4 aromatic rings. The molecule has 7 nitrogen and oxygen atoms in total. The molecular formula is C24H27N5O2S. The number of nitrogens with one attached hydrogen (secondary N) is 3. The normalized spacial score (nSPS) is 14.8. The summed E-state index contributed by atoms with van der Waals surface area (Å²) in [4.78, 5) is 23.6. The van der Waals surface area contributed by atoms with Crippen LogP contribution in [-0.2, 0) is 4.74 Å². The maximum Gasteiger partial charge on any atom is 0.261 e. The van der Waals surface area contributed by atoms with Gasteiger partial charge in [0.25, 0.3) is 5.91 Å². The van der Waals surface area contributed by atoms with Crippen molar-refractivity contribution in [3.8, 4) is 0 Å². The number of thiophene rings is 1. The van der Waals surface area contributed by atoms with Gasteiger partial charge in [-0.2, -0.15) is 0 Å². The summed E-state index contributed by atoms with van der Waals surface area (Å²) >= 11 is 1.47. The van der Waals surface area contributed by atoms with Gasteiger partial charge < -0.3 is 20.4 Å². The highest BCUT2D eigenvalue weighted by molar-refractivity contribution is 7.21. The highest BCUT2D eigenvalue weighted by Crippen LogP contribution is 2.33. The summed E-state index contributed by atoms with van der Waals surface area (Å²) in [5, 5.41) is 7.72. The van der Waals surface area contributed by atoms with Crippen LogP contribution in [0, 0.1) is 6.92 Å². The zero-order valence-electron chi connectivity index (χ0n) is 18.1. The average Bonchev–Trinajstić information content (AvgIpc) is 3.40. The first kappa shape index (κ1) is 20.9. The van der Waals surface area contributed by atoms with Crippen molar-refractivity contribution in [2.75, 3.05) is 44.7 Å². The molecule has 1 amide bonds. The minimum Gasteiger partial charge on any atom is -0.379 e. The van der Waals surface area contributed by atoms with E-state index in [1.165, 1.54) is 16.7 Å². The minimum absolute atomic E-state index is 0.0369. The summed E-state index contributed by atoms with van der Waals surface area (Å²) in [5.41, 5.74) is 5.06. The number of aromatic amines is 1. The summed E-state index contributed by atoms with van der Waals surface area (Å²) < 4.78 is 6.36. The molecule has 1 aliphatic heterocycles. The van der Waals surface area contributed by atoms with E-state index in [0.29, 0.717) is 11.4 Å². The SMILES string of the molecule is Cc1cc2cc(Nc3ccnc4cc(C(=O)NCCCN5CCOCC5)sc34)ccc2[nH]1. The molecule has 1 fully saturated rings. The highest BCUT2D eigenvalue weighted by Gasteiger charge is 2.14. The van der Waals surface area contributed by atoms with E-state index >= 15 is 0 Å². The molecule has 0 bridgehead atoms. The molecule has 0 unspecified atom stereocenters. The molecule has 1 aromatic carbocycles. The van der Waals surface area contributed by atoms with Crippen LogP contribution in [0.2, 0.25) is 0 Å². The van der Waals surface area contributed by atoms with Gasteiger partial charge in [-0.25, -0.2) is 0 Å². The molecule has 0 spiro atoms. The lowest BCUT2D eigenvalue weighted by atomic mass is 10.2. The van der Waals surface area contributed by atoms with Gasteiger partial charge >= 0.3 is 0 Å². The molecule has 1 aliphatic rings. The zero-order valence-corrected chi connectivity index (χ0v) is 18.9. The van der Waals surface area contributed by atoms with Gasteiger partial charge in [0, 0.05) is 48.1 Å². The van der Waals surface area contributed by atoms with Crippen LogP contribution in [0.3, 0.4) is 0 Å². The molecule has 4 heterocycles. The van der Waals surface area contributed by atoms with Crippen LogP contribution >= 0.6 is 11.3 Å². The maximum absolute atomic E-state index is 12.7. The Labute approximate surface area is 190 Å². The first-order valence-corrected chi connectivity index (χ1v) is 11.8. The van der Waals surface area contributed by atoms with Crippen LogP contribution < -0.4 is 10.6 Å². The van der Waals surface area contributed by atoms with Crippen LogP contribution in [0.25, 0.3) is 21.1 Å². The molecule has 0 saturated carbocycles. The number of amides is 1. The summed E-state index contributed by atoms with van der Waals surface area (Å²) in [6.45, 7) is 7.26. The van der Waals surface area contributed by atoms with Crippen LogP contribution in [0.15, 0.2) is 42.6 Å². The number of carbonyl (C=O) groups is 1. The first-order chi connectivity index (χ1) is 15.7. The molecule has 0 aliphatic carbocycles. The summed E-state index contributed by atoms with van der Waals surface area (Å²) in [6.07, 6.45) is 2.71. The van der Waals surface area contributed by atoms with E-state index in [1.807, 2.05) is 12.1 Å². The Morgan fingerprint density at radius 1 is 1.22 bits per heavy atom. The fourth-order valence-electron chi connectivity index (χ4n) is 4.08. The number of aromatic nitrogens is 2. The standard InChI is InChI=1S/C24H27N5O2S/c1-16-13-17-14-18(3-4-19(17)27-16)28-20-5-7-25-21-15-22(32-23(20)21)24(30)26-6-2-8-29-9-11-31-12-10-29/h3-5,7,13-15,27H,2,6,8-12H2,1H3,(H,25,28)(H,26,30). The van der Waals surface area contributed by atoms with Gasteiger partial charge in [-0.05, 0) is 56.3 Å². The molecule has 1 saturated heterocycles. The minimum atomic E-state index is -0.0369. The lowest BCUT2D eigenvalue weighted by molar-refractivity contribution is 0.0374. The van der Waals surface area contributed by atoms with Crippen molar-refractivity contribution in [1.82, 2.24) is 20.2 Å². The number of fused-ring (bicyclic) bond motifs is 2. The van der Waals surface area contributed by atoms with E-state index < -0.39 is 0 Å². The number of rotatable bonds is 7. The Morgan fingerprint density at radius 2 is 2.09 bits per heavy atom. The van der Waals surface area contributed by atoms with Gasteiger partial charge in [-0.15, -0.1) is 11.3 Å². The van der Waals surface area contributed by atoms with Crippen molar-refractivity contribution >= 4 is 49.7 Å². The monoisotopic (exact) mass is 449 g/mol. The number of hydrogen-bond acceptors (Lipinski definition) is 6. The Kier molecular flexibility index (Phi) is 6.07. The van der Waals surface area contributed by atoms with Crippen molar-refractivity contribution in [3.05, 3.63) is 53.2 Å². The third-order valence-electron chi connectivity index (χ3n) is 5.71. The number of morpholine rings is 1. The Hall–Kier alpha value is -2.94. The molecule has 32 heavy (non-hydrogen) atoms. The number of pyridine rings is 1. The molecular weight excluding hydrogens is 422 g/mol. The molecule has 3 N–H and O–H groups in total. The molecule has 5 rings (SSSR count). The van der Waals surface area contributed by atoms with E-state index in [-0.39, 0.29) is 5.91 Å². The van der Waals surface area contributed by atoms with E-state index in [4.69, 9.17) is 4.74 Å². The number of hydrogen-bond donors (Lipinski definition) is 3. The first-order valence-electron chi connectivity index (χ1n) is 11.0. The molecule has 8 heteroatoms. The molecule has 0 atom stereocenters. The van der Waals surface area contributed by atoms with Gasteiger partial charge in [-0.3, -0.25) is 14.7 Å². The number of aryl methyl sites for hydroxylation is 1. The zero-order chi connectivity index (χ0) is 21.9. The van der Waals surface area contributed by atoms with Crippen LogP contribution in [0.4, 0.5) is 11.4 Å². The van der Waals surface area contributed by atoms with E-state index in [1.54, 1.807) is 6.20 Å². The molecule has 0 radical (unpaired) electrons. The second-order valence-electron chi connectivity index (χ2n) is 8.13. The van der Waals surface area contributed by atoms with Gasteiger partial charge in [0.2, 0.25) is 0 Å². The number of H-pyrrole nitrogens is 1. The number of nitrogens with zero attached hydrogens (tertiary/aromatic N) is 2. The average molecular weight is 450 g/mol. The van der Waals surface area contributed by atoms with E-state index in [0.717, 1.165) is 72.1 Å². The summed E-state index contributed by atoms with van der Waals surface area (Å²) in [6, 6.07) is 12.2. The Morgan fingerprint density at radius 3 is 2.97 bits per heavy atom. The van der Waals surface area contributed by atoms with E-state index in [9.17, 15) is 4.79 Å². The van der Waals surface area contributed by atoms with Gasteiger partial charge in [0.05, 0.1) is 34.0 Å². The Balaban J connectivity index is 1.25. The maximum atomic E-state index is 12.7. The fourth-order valence-corrected chi connectivity index (χ4v) is 5.08.